The van der Waals surface area contributed by atoms with E-state index in [9.17, 15) is 19.8 Å². The molecule has 24 heavy (non-hydrogen) atoms. The number of hydrogen-bond donors (Lipinski definition) is 2. The lowest BCUT2D eigenvalue weighted by Gasteiger charge is -2.62. The van der Waals surface area contributed by atoms with Gasteiger partial charge in [-0.3, -0.25) is 4.79 Å². The SMILES string of the molecule is C[C@]12CC[C@H](O)C(O)[C@@H]1C(C=O)C[C@@H]1[C@@H]2CC[C@]2(C)C(=O)CC[C@@H]12. The van der Waals surface area contributed by atoms with E-state index in [1.54, 1.807) is 0 Å². The number of hydrogen-bond acceptors (Lipinski definition) is 4. The Morgan fingerprint density at radius 1 is 1.08 bits per heavy atom. The van der Waals surface area contributed by atoms with Crippen LogP contribution in [-0.2, 0) is 9.59 Å². The van der Waals surface area contributed by atoms with E-state index in [0.29, 0.717) is 36.4 Å². The standard InChI is InChI=1S/C20H30O4/c1-19-7-5-14-12(13(19)3-4-16(19)23)9-11(10-21)17-18(24)15(22)6-8-20(14,17)2/h10-15,17-18,22,24H,3-9H2,1-2H3/t11?,12-,13-,14-,15-,17-,18?,19-,20+/m0/s1. The number of carbonyl (C=O) groups excluding carboxylic acids is 2. The van der Waals surface area contributed by atoms with Gasteiger partial charge in [0.15, 0.2) is 0 Å². The largest absolute Gasteiger partial charge is 0.390 e. The number of ketones is 1. The molecule has 4 aliphatic rings. The third-order valence-corrected chi connectivity index (χ3v) is 8.68. The molecule has 0 spiro atoms. The third kappa shape index (κ3) is 1.99. The number of aldehydes is 1. The maximum atomic E-state index is 12.5. The van der Waals surface area contributed by atoms with Gasteiger partial charge in [0.1, 0.15) is 12.1 Å². The highest BCUT2D eigenvalue weighted by Crippen LogP contribution is 2.66. The van der Waals surface area contributed by atoms with E-state index < -0.39 is 12.2 Å². The number of aliphatic hydroxyl groups is 2. The lowest BCUT2D eigenvalue weighted by molar-refractivity contribution is -0.191. The zero-order chi connectivity index (χ0) is 17.3. The molecule has 0 bridgehead atoms. The molecule has 4 rings (SSSR count). The Hall–Kier alpha value is -0.740. The summed E-state index contributed by atoms with van der Waals surface area (Å²) in [6.45, 7) is 4.38. The summed E-state index contributed by atoms with van der Waals surface area (Å²) in [5, 5.41) is 20.8. The van der Waals surface area contributed by atoms with Crippen molar-refractivity contribution in [2.24, 2.45) is 40.4 Å². The lowest BCUT2D eigenvalue weighted by atomic mass is 9.42. The first-order valence-electron chi connectivity index (χ1n) is 9.67. The lowest BCUT2D eigenvalue weighted by Crippen LogP contribution is -2.61. The molecule has 4 aliphatic carbocycles. The van der Waals surface area contributed by atoms with Gasteiger partial charge >= 0.3 is 0 Å². The van der Waals surface area contributed by atoms with E-state index in [2.05, 4.69) is 13.8 Å². The minimum atomic E-state index is -0.793. The topological polar surface area (TPSA) is 74.6 Å². The first-order valence-corrected chi connectivity index (χ1v) is 9.67. The van der Waals surface area contributed by atoms with Crippen LogP contribution in [0.15, 0.2) is 0 Å². The van der Waals surface area contributed by atoms with Gasteiger partial charge in [-0.25, -0.2) is 0 Å². The van der Waals surface area contributed by atoms with Gasteiger partial charge in [0, 0.05) is 23.7 Å². The van der Waals surface area contributed by atoms with Gasteiger partial charge in [-0.05, 0) is 61.7 Å². The summed E-state index contributed by atoms with van der Waals surface area (Å²) in [5.41, 5.74) is -0.287. The van der Waals surface area contributed by atoms with Gasteiger partial charge in [-0.2, -0.15) is 0 Å². The average Bonchev–Trinajstić information content (AvgIpc) is 2.86. The highest BCUT2D eigenvalue weighted by molar-refractivity contribution is 5.87. The number of fused-ring (bicyclic) bond motifs is 5. The van der Waals surface area contributed by atoms with Gasteiger partial charge in [0.05, 0.1) is 12.2 Å². The Morgan fingerprint density at radius 3 is 2.54 bits per heavy atom. The van der Waals surface area contributed by atoms with Crippen LogP contribution in [-0.4, -0.2) is 34.5 Å². The summed E-state index contributed by atoms with van der Waals surface area (Å²) in [5.74, 6) is 1.35. The molecule has 4 saturated carbocycles. The molecule has 0 aromatic heterocycles. The summed E-state index contributed by atoms with van der Waals surface area (Å²) in [7, 11) is 0. The zero-order valence-corrected chi connectivity index (χ0v) is 14.8. The monoisotopic (exact) mass is 334 g/mol. The minimum absolute atomic E-state index is 0.0971. The van der Waals surface area contributed by atoms with Crippen molar-refractivity contribution in [3.05, 3.63) is 0 Å². The maximum Gasteiger partial charge on any atom is 0.139 e. The number of aliphatic hydroxyl groups excluding tert-OH is 2. The molecule has 0 heterocycles. The fraction of sp³-hybridized carbons (Fsp3) is 0.900. The predicted molar refractivity (Wildman–Crippen MR) is 89.1 cm³/mol. The van der Waals surface area contributed by atoms with E-state index >= 15 is 0 Å². The number of Topliss-reactive ketones (excluding diaryl/α,β-unsaturated/α-hetero) is 1. The van der Waals surface area contributed by atoms with E-state index in [4.69, 9.17) is 0 Å². The first-order chi connectivity index (χ1) is 11.3. The van der Waals surface area contributed by atoms with Crippen molar-refractivity contribution in [2.45, 2.75) is 71.0 Å². The van der Waals surface area contributed by atoms with Gasteiger partial charge < -0.3 is 15.0 Å². The zero-order valence-electron chi connectivity index (χ0n) is 14.8. The third-order valence-electron chi connectivity index (χ3n) is 8.68. The predicted octanol–water partition coefficient (Wildman–Crippen LogP) is 2.35. The van der Waals surface area contributed by atoms with Gasteiger partial charge in [0.2, 0.25) is 0 Å². The molecule has 4 fully saturated rings. The van der Waals surface area contributed by atoms with Crippen molar-refractivity contribution in [2.75, 3.05) is 0 Å². The van der Waals surface area contributed by atoms with E-state index in [-0.39, 0.29) is 22.7 Å². The van der Waals surface area contributed by atoms with Crippen molar-refractivity contribution in [3.63, 3.8) is 0 Å². The Bertz CT molecular complexity index is 560. The van der Waals surface area contributed by atoms with Crippen LogP contribution in [0.5, 0.6) is 0 Å². The molecule has 0 aromatic rings. The minimum Gasteiger partial charge on any atom is -0.390 e. The first kappa shape index (κ1) is 16.7. The fourth-order valence-electron chi connectivity index (χ4n) is 7.41. The van der Waals surface area contributed by atoms with Crippen LogP contribution in [0.4, 0.5) is 0 Å². The fourth-order valence-corrected chi connectivity index (χ4v) is 7.41. The quantitative estimate of drug-likeness (QED) is 0.722. The van der Waals surface area contributed by atoms with Crippen molar-refractivity contribution in [3.8, 4) is 0 Å². The van der Waals surface area contributed by atoms with Gasteiger partial charge in [0.25, 0.3) is 0 Å². The second-order valence-electron chi connectivity index (χ2n) is 9.46. The molecule has 0 aromatic carbocycles. The second kappa shape index (κ2) is 5.38. The van der Waals surface area contributed by atoms with E-state index in [1.807, 2.05) is 0 Å². The summed E-state index contributed by atoms with van der Waals surface area (Å²) in [4.78, 5) is 24.3. The second-order valence-corrected chi connectivity index (χ2v) is 9.46. The Balaban J connectivity index is 1.73. The molecule has 2 N–H and O–H groups in total. The Labute approximate surface area is 144 Å². The van der Waals surface area contributed by atoms with Crippen molar-refractivity contribution in [1.29, 1.82) is 0 Å². The Morgan fingerprint density at radius 2 is 1.83 bits per heavy atom. The normalized spacial score (nSPS) is 57.0. The van der Waals surface area contributed by atoms with Crippen LogP contribution in [0.25, 0.3) is 0 Å². The van der Waals surface area contributed by atoms with Crippen molar-refractivity contribution >= 4 is 12.1 Å². The van der Waals surface area contributed by atoms with Crippen LogP contribution >= 0.6 is 0 Å². The summed E-state index contributed by atoms with van der Waals surface area (Å²) < 4.78 is 0. The maximum absolute atomic E-state index is 12.5. The Kier molecular flexibility index (Phi) is 3.74. The van der Waals surface area contributed by atoms with Crippen LogP contribution in [0.3, 0.4) is 0 Å². The molecule has 0 amide bonds. The molecular formula is C20H30O4. The molecule has 9 atom stereocenters. The van der Waals surface area contributed by atoms with Crippen LogP contribution in [0, 0.1) is 40.4 Å². The highest BCUT2D eigenvalue weighted by atomic mass is 16.3. The number of rotatable bonds is 1. The van der Waals surface area contributed by atoms with E-state index in [0.717, 1.165) is 38.4 Å². The molecule has 0 saturated heterocycles. The molecule has 0 radical (unpaired) electrons. The van der Waals surface area contributed by atoms with Crippen LogP contribution in [0.1, 0.15) is 58.8 Å². The highest BCUT2D eigenvalue weighted by Gasteiger charge is 2.63. The molecule has 134 valence electrons. The van der Waals surface area contributed by atoms with Crippen molar-refractivity contribution < 1.29 is 19.8 Å². The molecule has 4 nitrogen and oxygen atoms in total. The summed E-state index contributed by atoms with van der Waals surface area (Å²) in [6, 6.07) is 0. The van der Waals surface area contributed by atoms with Crippen molar-refractivity contribution in [1.82, 2.24) is 0 Å². The average molecular weight is 334 g/mol. The van der Waals surface area contributed by atoms with Crippen LogP contribution < -0.4 is 0 Å². The van der Waals surface area contributed by atoms with Gasteiger partial charge in [-0.15, -0.1) is 0 Å². The van der Waals surface area contributed by atoms with Gasteiger partial charge in [-0.1, -0.05) is 13.8 Å². The smallest absolute Gasteiger partial charge is 0.139 e. The van der Waals surface area contributed by atoms with E-state index in [1.165, 1.54) is 0 Å². The summed E-state index contributed by atoms with van der Waals surface area (Å²) in [6.07, 6.45) is 5.42. The summed E-state index contributed by atoms with van der Waals surface area (Å²) >= 11 is 0. The molecule has 4 heteroatoms. The molecule has 2 unspecified atom stereocenters. The number of carbonyl (C=O) groups is 2. The molecule has 0 aliphatic heterocycles. The van der Waals surface area contributed by atoms with Crippen LogP contribution in [0.2, 0.25) is 0 Å². The molecular weight excluding hydrogens is 304 g/mol.